The number of carbonyl (C=O) groups excluding carboxylic acids is 1. The van der Waals surface area contributed by atoms with Crippen molar-refractivity contribution in [2.75, 3.05) is 25.6 Å². The normalized spacial score (nSPS) is 11.7. The molecule has 0 heterocycles. The molecule has 0 radical (unpaired) electrons. The van der Waals surface area contributed by atoms with Gasteiger partial charge in [-0.1, -0.05) is 13.0 Å². The molecule has 18 heavy (non-hydrogen) atoms. The number of nitrogens with zero attached hydrogens (tertiary/aromatic N) is 1. The quantitative estimate of drug-likeness (QED) is 0.806. The van der Waals surface area contributed by atoms with Crippen LogP contribution in [-0.4, -0.2) is 37.7 Å². The fraction of sp³-hybridized carbons (Fsp3) is 0.385. The second kappa shape index (κ2) is 6.05. The molecule has 0 spiro atoms. The number of carboxylic acid groups (broad SMARTS) is 1. The van der Waals surface area contributed by atoms with Gasteiger partial charge in [0.15, 0.2) is 0 Å². The first-order valence-electron chi connectivity index (χ1n) is 5.58. The highest BCUT2D eigenvalue weighted by Crippen LogP contribution is 2.16. The smallest absolute Gasteiger partial charge is 0.337 e. The lowest BCUT2D eigenvalue weighted by atomic mass is 10.1. The van der Waals surface area contributed by atoms with Gasteiger partial charge in [0.1, 0.15) is 0 Å². The van der Waals surface area contributed by atoms with Crippen molar-refractivity contribution in [2.45, 2.75) is 6.92 Å². The third-order valence-electron chi connectivity index (χ3n) is 2.68. The summed E-state index contributed by atoms with van der Waals surface area (Å²) < 4.78 is 4.64. The van der Waals surface area contributed by atoms with Crippen LogP contribution in [0.1, 0.15) is 17.3 Å². The van der Waals surface area contributed by atoms with E-state index < -0.39 is 17.9 Å². The van der Waals surface area contributed by atoms with Gasteiger partial charge in [-0.25, -0.2) is 4.79 Å². The maximum absolute atomic E-state index is 11.4. The van der Waals surface area contributed by atoms with Crippen LogP contribution in [0.4, 0.5) is 5.69 Å². The zero-order valence-electron chi connectivity index (χ0n) is 10.7. The first-order valence-corrected chi connectivity index (χ1v) is 5.58. The van der Waals surface area contributed by atoms with Gasteiger partial charge in [-0.15, -0.1) is 0 Å². The predicted octanol–water partition coefficient (Wildman–Crippen LogP) is 1.63. The van der Waals surface area contributed by atoms with E-state index >= 15 is 0 Å². The van der Waals surface area contributed by atoms with E-state index in [1.54, 1.807) is 37.1 Å². The van der Waals surface area contributed by atoms with Gasteiger partial charge < -0.3 is 14.7 Å². The number of methoxy groups -OCH3 is 1. The molecule has 5 heteroatoms. The highest BCUT2D eigenvalue weighted by molar-refractivity contribution is 5.90. The molecule has 0 amide bonds. The van der Waals surface area contributed by atoms with E-state index in [1.807, 2.05) is 6.07 Å². The molecule has 1 atom stereocenters. The maximum Gasteiger partial charge on any atom is 0.337 e. The molecule has 98 valence electrons. The van der Waals surface area contributed by atoms with E-state index in [1.165, 1.54) is 7.11 Å². The van der Waals surface area contributed by atoms with Gasteiger partial charge in [-0.05, 0) is 18.2 Å². The van der Waals surface area contributed by atoms with Crippen LogP contribution in [0.3, 0.4) is 0 Å². The fourth-order valence-electron chi connectivity index (χ4n) is 1.58. The number of aliphatic carboxylic acids is 1. The van der Waals surface area contributed by atoms with E-state index in [-0.39, 0.29) is 0 Å². The Morgan fingerprint density at radius 3 is 2.67 bits per heavy atom. The third-order valence-corrected chi connectivity index (χ3v) is 2.68. The van der Waals surface area contributed by atoms with Crippen molar-refractivity contribution in [1.29, 1.82) is 0 Å². The lowest BCUT2D eigenvalue weighted by Gasteiger charge is -2.21. The van der Waals surface area contributed by atoms with E-state index in [9.17, 15) is 9.59 Å². The highest BCUT2D eigenvalue weighted by Gasteiger charge is 2.15. The van der Waals surface area contributed by atoms with Gasteiger partial charge in [-0.2, -0.15) is 0 Å². The van der Waals surface area contributed by atoms with Crippen LogP contribution in [0, 0.1) is 5.92 Å². The van der Waals surface area contributed by atoms with Crippen molar-refractivity contribution in [3.8, 4) is 0 Å². The van der Waals surface area contributed by atoms with Gasteiger partial charge in [0.25, 0.3) is 0 Å². The van der Waals surface area contributed by atoms with Crippen LogP contribution < -0.4 is 4.90 Å². The minimum Gasteiger partial charge on any atom is -0.481 e. The summed E-state index contributed by atoms with van der Waals surface area (Å²) in [5.41, 5.74) is 1.23. The van der Waals surface area contributed by atoms with Gasteiger partial charge in [-0.3, -0.25) is 4.79 Å². The number of esters is 1. The SMILES string of the molecule is COC(=O)c1cccc(N(C)CC(C)C(=O)O)c1. The number of rotatable bonds is 5. The first-order chi connectivity index (χ1) is 8.45. The van der Waals surface area contributed by atoms with Crippen LogP contribution in [-0.2, 0) is 9.53 Å². The number of carbonyl (C=O) groups is 2. The molecule has 0 saturated carbocycles. The predicted molar refractivity (Wildman–Crippen MR) is 67.9 cm³/mol. The number of hydrogen-bond donors (Lipinski definition) is 1. The summed E-state index contributed by atoms with van der Waals surface area (Å²) in [7, 11) is 3.11. The Labute approximate surface area is 106 Å². The Hall–Kier alpha value is -2.04. The Kier molecular flexibility index (Phi) is 4.71. The standard InChI is InChI=1S/C13H17NO4/c1-9(12(15)16)8-14(2)11-6-4-5-10(7-11)13(17)18-3/h4-7,9H,8H2,1-3H3,(H,15,16). The Morgan fingerprint density at radius 2 is 2.11 bits per heavy atom. The van der Waals surface area contributed by atoms with Crippen LogP contribution in [0.5, 0.6) is 0 Å². The molecule has 5 nitrogen and oxygen atoms in total. The summed E-state index contributed by atoms with van der Waals surface area (Å²) >= 11 is 0. The monoisotopic (exact) mass is 251 g/mol. The molecule has 1 aromatic carbocycles. The van der Waals surface area contributed by atoms with Crippen molar-refractivity contribution in [3.63, 3.8) is 0 Å². The van der Waals surface area contributed by atoms with E-state index in [2.05, 4.69) is 4.74 Å². The second-order valence-corrected chi connectivity index (χ2v) is 4.16. The molecule has 1 unspecified atom stereocenters. The summed E-state index contributed by atoms with van der Waals surface area (Å²) in [6.45, 7) is 2.02. The van der Waals surface area contributed by atoms with Gasteiger partial charge in [0.05, 0.1) is 18.6 Å². The lowest BCUT2D eigenvalue weighted by molar-refractivity contribution is -0.140. The fourth-order valence-corrected chi connectivity index (χ4v) is 1.58. The molecule has 0 saturated heterocycles. The maximum atomic E-state index is 11.4. The molecule has 0 aliphatic rings. The van der Waals surface area contributed by atoms with Crippen molar-refractivity contribution in [3.05, 3.63) is 29.8 Å². The van der Waals surface area contributed by atoms with Crippen molar-refractivity contribution < 1.29 is 19.4 Å². The Morgan fingerprint density at radius 1 is 1.44 bits per heavy atom. The Bertz CT molecular complexity index is 444. The molecule has 1 rings (SSSR count). The lowest BCUT2D eigenvalue weighted by Crippen LogP contribution is -2.28. The van der Waals surface area contributed by atoms with Crippen LogP contribution in [0.15, 0.2) is 24.3 Å². The number of benzene rings is 1. The third kappa shape index (κ3) is 3.48. The molecular weight excluding hydrogens is 234 g/mol. The topological polar surface area (TPSA) is 66.8 Å². The second-order valence-electron chi connectivity index (χ2n) is 4.16. The number of hydrogen-bond acceptors (Lipinski definition) is 4. The van der Waals surface area contributed by atoms with Crippen LogP contribution >= 0.6 is 0 Å². The molecule has 1 N–H and O–H groups in total. The highest BCUT2D eigenvalue weighted by atomic mass is 16.5. The molecule has 0 aliphatic heterocycles. The molecule has 0 aliphatic carbocycles. The minimum atomic E-state index is -0.842. The largest absolute Gasteiger partial charge is 0.481 e. The summed E-state index contributed by atoms with van der Waals surface area (Å²) in [6.07, 6.45) is 0. The van der Waals surface area contributed by atoms with E-state index in [4.69, 9.17) is 5.11 Å². The average molecular weight is 251 g/mol. The zero-order chi connectivity index (χ0) is 13.7. The zero-order valence-corrected chi connectivity index (χ0v) is 10.7. The molecule has 0 bridgehead atoms. The number of ether oxygens (including phenoxy) is 1. The molecule has 1 aromatic rings. The molecular formula is C13H17NO4. The first kappa shape index (κ1) is 14.0. The number of anilines is 1. The van der Waals surface area contributed by atoms with Crippen LogP contribution in [0.2, 0.25) is 0 Å². The molecule has 0 fully saturated rings. The van der Waals surface area contributed by atoms with E-state index in [0.29, 0.717) is 12.1 Å². The summed E-state index contributed by atoms with van der Waals surface area (Å²) in [5.74, 6) is -1.72. The minimum absolute atomic E-state index is 0.375. The number of carboxylic acids is 1. The van der Waals surface area contributed by atoms with Gasteiger partial charge in [0.2, 0.25) is 0 Å². The van der Waals surface area contributed by atoms with Crippen LogP contribution in [0.25, 0.3) is 0 Å². The average Bonchev–Trinajstić information content (AvgIpc) is 2.37. The van der Waals surface area contributed by atoms with Crippen molar-refractivity contribution in [2.24, 2.45) is 5.92 Å². The summed E-state index contributed by atoms with van der Waals surface area (Å²) in [4.78, 5) is 24.0. The summed E-state index contributed by atoms with van der Waals surface area (Å²) in [6, 6.07) is 6.90. The van der Waals surface area contributed by atoms with Gasteiger partial charge in [0, 0.05) is 19.3 Å². The Balaban J connectivity index is 2.83. The van der Waals surface area contributed by atoms with Crippen molar-refractivity contribution in [1.82, 2.24) is 0 Å². The summed E-state index contributed by atoms with van der Waals surface area (Å²) in [5, 5.41) is 8.86. The molecule has 0 aromatic heterocycles. The van der Waals surface area contributed by atoms with E-state index in [0.717, 1.165) is 5.69 Å². The van der Waals surface area contributed by atoms with Crippen molar-refractivity contribution >= 4 is 17.6 Å². The van der Waals surface area contributed by atoms with Gasteiger partial charge >= 0.3 is 11.9 Å².